The summed E-state index contributed by atoms with van der Waals surface area (Å²) < 4.78 is 6.34. The fourth-order valence-corrected chi connectivity index (χ4v) is 3.64. The van der Waals surface area contributed by atoms with Gasteiger partial charge in [0.05, 0.1) is 12.2 Å². The van der Waals surface area contributed by atoms with Crippen molar-refractivity contribution in [2.45, 2.75) is 70.0 Å². The van der Waals surface area contributed by atoms with Crippen LogP contribution in [0, 0.1) is 5.92 Å². The van der Waals surface area contributed by atoms with Gasteiger partial charge in [-0.15, -0.1) is 11.6 Å². The van der Waals surface area contributed by atoms with Crippen LogP contribution in [0.5, 0.6) is 0 Å². The van der Waals surface area contributed by atoms with Crippen LogP contribution in [0.3, 0.4) is 0 Å². The largest absolute Gasteiger partial charge is 0.375 e. The van der Waals surface area contributed by atoms with Crippen molar-refractivity contribution in [1.82, 2.24) is 0 Å². The minimum Gasteiger partial charge on any atom is -0.375 e. The van der Waals surface area contributed by atoms with Crippen LogP contribution in [0.1, 0.15) is 51.5 Å². The summed E-state index contributed by atoms with van der Waals surface area (Å²) in [4.78, 5) is 0. The average Bonchev–Trinajstić information content (AvgIpc) is 2.47. The van der Waals surface area contributed by atoms with E-state index in [0.29, 0.717) is 18.1 Å². The van der Waals surface area contributed by atoms with E-state index in [0.717, 1.165) is 25.7 Å². The molecule has 0 N–H and O–H groups in total. The number of aryl methyl sites for hydroxylation is 1. The summed E-state index contributed by atoms with van der Waals surface area (Å²) in [5, 5.41) is 0.287. The van der Waals surface area contributed by atoms with E-state index < -0.39 is 0 Å². The molecule has 20 heavy (non-hydrogen) atoms. The topological polar surface area (TPSA) is 9.23 Å². The minimum atomic E-state index is 0.287. The predicted molar refractivity (Wildman–Crippen MR) is 86.4 cm³/mol. The quantitative estimate of drug-likeness (QED) is 0.654. The first-order chi connectivity index (χ1) is 9.72. The number of hydrogen-bond acceptors (Lipinski definition) is 1. The van der Waals surface area contributed by atoms with Gasteiger partial charge in [-0.25, -0.2) is 0 Å². The molecule has 1 aliphatic heterocycles. The lowest BCUT2D eigenvalue weighted by molar-refractivity contribution is -0.0795. The number of alkyl halides is 1. The maximum atomic E-state index is 6.47. The summed E-state index contributed by atoms with van der Waals surface area (Å²) in [5.41, 5.74) is 1.40. The average molecular weight is 295 g/mol. The summed E-state index contributed by atoms with van der Waals surface area (Å²) >= 11 is 6.47. The van der Waals surface area contributed by atoms with Crippen LogP contribution in [0.2, 0.25) is 0 Å². The third-order valence-corrected chi connectivity index (χ3v) is 4.90. The zero-order valence-corrected chi connectivity index (χ0v) is 13.5. The smallest absolute Gasteiger partial charge is 0.0620 e. The molecule has 0 unspecified atom stereocenters. The molecule has 2 rings (SSSR count). The molecule has 1 fully saturated rings. The van der Waals surface area contributed by atoms with Crippen molar-refractivity contribution >= 4 is 11.6 Å². The van der Waals surface area contributed by atoms with Gasteiger partial charge in [-0.3, -0.25) is 0 Å². The van der Waals surface area contributed by atoms with E-state index in [1.54, 1.807) is 0 Å². The lowest BCUT2D eigenvalue weighted by Gasteiger charge is -2.37. The Morgan fingerprint density at radius 1 is 1.15 bits per heavy atom. The van der Waals surface area contributed by atoms with E-state index in [9.17, 15) is 0 Å². The van der Waals surface area contributed by atoms with Gasteiger partial charge >= 0.3 is 0 Å². The van der Waals surface area contributed by atoms with E-state index in [1.165, 1.54) is 18.4 Å². The van der Waals surface area contributed by atoms with Gasteiger partial charge in [-0.2, -0.15) is 0 Å². The van der Waals surface area contributed by atoms with Gasteiger partial charge < -0.3 is 4.74 Å². The molecular weight excluding hydrogens is 268 g/mol. The summed E-state index contributed by atoms with van der Waals surface area (Å²) in [6.45, 7) is 4.52. The van der Waals surface area contributed by atoms with Crippen molar-refractivity contribution in [3.63, 3.8) is 0 Å². The highest BCUT2D eigenvalue weighted by Crippen LogP contribution is 2.32. The van der Waals surface area contributed by atoms with Crippen LogP contribution >= 0.6 is 11.6 Å². The maximum Gasteiger partial charge on any atom is 0.0620 e. The molecule has 3 atom stereocenters. The van der Waals surface area contributed by atoms with Gasteiger partial charge in [0.15, 0.2) is 0 Å². The van der Waals surface area contributed by atoms with Gasteiger partial charge in [0, 0.05) is 5.38 Å². The summed E-state index contributed by atoms with van der Waals surface area (Å²) in [6, 6.07) is 10.7. The molecule has 1 aromatic carbocycles. The molecule has 0 spiro atoms. The van der Waals surface area contributed by atoms with Gasteiger partial charge in [-0.05, 0) is 37.2 Å². The highest BCUT2D eigenvalue weighted by Gasteiger charge is 2.31. The lowest BCUT2D eigenvalue weighted by atomic mass is 9.88. The third-order valence-electron chi connectivity index (χ3n) is 4.55. The molecule has 1 aromatic rings. The Bertz CT molecular complexity index is 374. The van der Waals surface area contributed by atoms with Crippen molar-refractivity contribution in [2.24, 2.45) is 5.92 Å². The molecule has 1 aliphatic rings. The van der Waals surface area contributed by atoms with Crippen molar-refractivity contribution < 1.29 is 4.74 Å². The highest BCUT2D eigenvalue weighted by molar-refractivity contribution is 6.20. The SMILES string of the molecule is CCC(CC)[C@@H]1C[C@H](Cl)C[C@H](CCc2ccccc2)O1. The second-order valence-electron chi connectivity index (χ2n) is 5.97. The van der Waals surface area contributed by atoms with Gasteiger partial charge in [-0.1, -0.05) is 57.0 Å². The van der Waals surface area contributed by atoms with Crippen molar-refractivity contribution in [3.05, 3.63) is 35.9 Å². The molecule has 1 saturated heterocycles. The Morgan fingerprint density at radius 2 is 1.85 bits per heavy atom. The number of ether oxygens (including phenoxy) is 1. The molecule has 0 saturated carbocycles. The zero-order valence-electron chi connectivity index (χ0n) is 12.7. The summed E-state index contributed by atoms with van der Waals surface area (Å²) in [6.07, 6.45) is 7.28. The second-order valence-corrected chi connectivity index (χ2v) is 6.58. The Kier molecular flexibility index (Phi) is 6.38. The fraction of sp³-hybridized carbons (Fsp3) is 0.667. The first-order valence-corrected chi connectivity index (χ1v) is 8.50. The standard InChI is InChI=1S/C18H27ClO/c1-3-15(4-2)18-13-16(19)12-17(20-18)11-10-14-8-6-5-7-9-14/h5-9,15-18H,3-4,10-13H2,1-2H3/t16-,17+,18+/m1/s1. The van der Waals surface area contributed by atoms with Crippen molar-refractivity contribution in [2.75, 3.05) is 0 Å². The highest BCUT2D eigenvalue weighted by atomic mass is 35.5. The van der Waals surface area contributed by atoms with Crippen LogP contribution in [0.4, 0.5) is 0 Å². The normalized spacial score (nSPS) is 26.9. The molecule has 0 bridgehead atoms. The second kappa shape index (κ2) is 8.05. The lowest BCUT2D eigenvalue weighted by Crippen LogP contribution is -2.38. The molecule has 1 nitrogen and oxygen atoms in total. The summed E-state index contributed by atoms with van der Waals surface area (Å²) in [5.74, 6) is 0.663. The Morgan fingerprint density at radius 3 is 2.50 bits per heavy atom. The van der Waals surface area contributed by atoms with Gasteiger partial charge in [0.25, 0.3) is 0 Å². The van der Waals surface area contributed by atoms with Crippen LogP contribution in [0.25, 0.3) is 0 Å². The van der Waals surface area contributed by atoms with Crippen LogP contribution in [0.15, 0.2) is 30.3 Å². The zero-order chi connectivity index (χ0) is 14.4. The molecule has 0 radical (unpaired) electrons. The fourth-order valence-electron chi connectivity index (χ4n) is 3.27. The summed E-state index contributed by atoms with van der Waals surface area (Å²) in [7, 11) is 0. The first-order valence-electron chi connectivity index (χ1n) is 8.06. The third kappa shape index (κ3) is 4.49. The molecule has 2 heteroatoms. The number of halogens is 1. The monoisotopic (exact) mass is 294 g/mol. The van der Waals surface area contributed by atoms with Crippen molar-refractivity contribution in [1.29, 1.82) is 0 Å². The Hall–Kier alpha value is -0.530. The molecule has 0 aromatic heterocycles. The Labute approximate surface area is 128 Å². The van der Waals surface area contributed by atoms with Gasteiger partial charge in [0.1, 0.15) is 0 Å². The minimum absolute atomic E-state index is 0.287. The predicted octanol–water partition coefficient (Wildman–Crippen LogP) is 5.21. The number of rotatable bonds is 6. The first kappa shape index (κ1) is 15.9. The van der Waals surface area contributed by atoms with Gasteiger partial charge in [0.2, 0.25) is 0 Å². The molecule has 0 aliphatic carbocycles. The Balaban J connectivity index is 1.88. The molecule has 112 valence electrons. The molecule has 0 amide bonds. The van der Waals surface area contributed by atoms with E-state index in [-0.39, 0.29) is 5.38 Å². The van der Waals surface area contributed by atoms with E-state index in [2.05, 4.69) is 44.2 Å². The van der Waals surface area contributed by atoms with Crippen molar-refractivity contribution in [3.8, 4) is 0 Å². The van der Waals surface area contributed by atoms with E-state index in [1.807, 2.05) is 0 Å². The molecular formula is C18H27ClO. The number of benzene rings is 1. The van der Waals surface area contributed by atoms with E-state index >= 15 is 0 Å². The number of hydrogen-bond donors (Lipinski definition) is 0. The van der Waals surface area contributed by atoms with Crippen LogP contribution < -0.4 is 0 Å². The van der Waals surface area contributed by atoms with Crippen LogP contribution in [-0.2, 0) is 11.2 Å². The maximum absolute atomic E-state index is 6.47. The molecule has 1 heterocycles. The van der Waals surface area contributed by atoms with E-state index in [4.69, 9.17) is 16.3 Å². The van der Waals surface area contributed by atoms with Crippen LogP contribution in [-0.4, -0.2) is 17.6 Å².